The molecule has 1 fully saturated rings. The Morgan fingerprint density at radius 3 is 2.81 bits per heavy atom. The second-order valence-corrected chi connectivity index (χ2v) is 7.89. The molecule has 1 saturated heterocycles. The topological polar surface area (TPSA) is 103 Å². The second kappa shape index (κ2) is 7.58. The minimum absolute atomic E-state index is 0.212. The Labute approximate surface area is 184 Å². The lowest BCUT2D eigenvalue weighted by atomic mass is 10.0. The number of anilines is 1. The van der Waals surface area contributed by atoms with E-state index in [-0.39, 0.29) is 6.10 Å². The SMILES string of the molecule is Nc1ccc2c(-c3cnn4cc(-c5ccc(OC6CCNC6)cn5)cnc34)cccc2n1. The summed E-state index contributed by atoms with van der Waals surface area (Å²) in [6.07, 6.45) is 8.59. The molecule has 8 heteroatoms. The Bertz CT molecular complexity index is 1420. The summed E-state index contributed by atoms with van der Waals surface area (Å²) in [6.45, 7) is 1.88. The first kappa shape index (κ1) is 18.7. The summed E-state index contributed by atoms with van der Waals surface area (Å²) < 4.78 is 7.74. The number of pyridine rings is 2. The maximum Gasteiger partial charge on any atom is 0.162 e. The van der Waals surface area contributed by atoms with Crippen LogP contribution in [-0.4, -0.2) is 43.8 Å². The number of fused-ring (bicyclic) bond motifs is 2. The van der Waals surface area contributed by atoms with Crippen molar-refractivity contribution in [1.82, 2.24) is 29.9 Å². The molecule has 0 aliphatic carbocycles. The Morgan fingerprint density at radius 1 is 1.00 bits per heavy atom. The number of benzene rings is 1. The average molecular weight is 423 g/mol. The van der Waals surface area contributed by atoms with Crippen molar-refractivity contribution in [3.8, 4) is 28.1 Å². The maximum absolute atomic E-state index is 5.96. The average Bonchev–Trinajstić information content (AvgIpc) is 3.48. The summed E-state index contributed by atoms with van der Waals surface area (Å²) in [6, 6.07) is 13.7. The third-order valence-electron chi connectivity index (χ3n) is 5.75. The van der Waals surface area contributed by atoms with Gasteiger partial charge in [-0.15, -0.1) is 0 Å². The summed E-state index contributed by atoms with van der Waals surface area (Å²) in [5, 5.41) is 8.85. The molecule has 4 aromatic heterocycles. The highest BCUT2D eigenvalue weighted by molar-refractivity contribution is 5.98. The van der Waals surface area contributed by atoms with Crippen LogP contribution in [0.3, 0.4) is 0 Å². The molecule has 1 atom stereocenters. The quantitative estimate of drug-likeness (QED) is 0.457. The van der Waals surface area contributed by atoms with Gasteiger partial charge in [0.15, 0.2) is 5.65 Å². The first-order valence-electron chi connectivity index (χ1n) is 10.6. The molecule has 6 rings (SSSR count). The molecule has 158 valence electrons. The van der Waals surface area contributed by atoms with Crippen molar-refractivity contribution in [2.24, 2.45) is 0 Å². The lowest BCUT2D eigenvalue weighted by Gasteiger charge is -2.12. The minimum atomic E-state index is 0.212. The maximum atomic E-state index is 5.96. The summed E-state index contributed by atoms with van der Waals surface area (Å²) in [7, 11) is 0. The normalized spacial score (nSPS) is 16.1. The fourth-order valence-corrected chi connectivity index (χ4v) is 4.14. The van der Waals surface area contributed by atoms with Crippen LogP contribution in [0, 0.1) is 0 Å². The van der Waals surface area contributed by atoms with Crippen LogP contribution in [0.25, 0.3) is 38.9 Å². The van der Waals surface area contributed by atoms with Crippen LogP contribution in [0.1, 0.15) is 6.42 Å². The van der Waals surface area contributed by atoms with Crippen LogP contribution >= 0.6 is 0 Å². The summed E-state index contributed by atoms with van der Waals surface area (Å²) in [5.74, 6) is 1.28. The van der Waals surface area contributed by atoms with Gasteiger partial charge in [-0.25, -0.2) is 14.5 Å². The van der Waals surface area contributed by atoms with Gasteiger partial charge in [-0.05, 0) is 48.9 Å². The number of aromatic nitrogens is 5. The summed E-state index contributed by atoms with van der Waals surface area (Å²) >= 11 is 0. The van der Waals surface area contributed by atoms with E-state index >= 15 is 0 Å². The fraction of sp³-hybridized carbons (Fsp3) is 0.167. The molecule has 1 aromatic carbocycles. The molecule has 0 radical (unpaired) electrons. The smallest absolute Gasteiger partial charge is 0.162 e. The molecule has 8 nitrogen and oxygen atoms in total. The van der Waals surface area contributed by atoms with Crippen molar-refractivity contribution in [3.05, 3.63) is 67.3 Å². The van der Waals surface area contributed by atoms with Crippen molar-refractivity contribution < 1.29 is 4.74 Å². The number of nitrogens with one attached hydrogen (secondary N) is 1. The third-order valence-corrected chi connectivity index (χ3v) is 5.75. The second-order valence-electron chi connectivity index (χ2n) is 7.89. The highest BCUT2D eigenvalue weighted by Gasteiger charge is 2.16. The fourth-order valence-electron chi connectivity index (χ4n) is 4.14. The first-order valence-corrected chi connectivity index (χ1v) is 10.6. The zero-order valence-electron chi connectivity index (χ0n) is 17.3. The van der Waals surface area contributed by atoms with Gasteiger partial charge in [0, 0.05) is 35.5 Å². The monoisotopic (exact) mass is 423 g/mol. The lowest BCUT2D eigenvalue weighted by molar-refractivity contribution is 0.222. The number of ether oxygens (including phenoxy) is 1. The van der Waals surface area contributed by atoms with E-state index in [0.29, 0.717) is 5.82 Å². The van der Waals surface area contributed by atoms with Crippen molar-refractivity contribution in [3.63, 3.8) is 0 Å². The molecular formula is C24H21N7O. The predicted octanol–water partition coefficient (Wildman–Crippen LogP) is 3.33. The first-order chi connectivity index (χ1) is 15.7. The molecule has 1 aliphatic heterocycles. The van der Waals surface area contributed by atoms with Gasteiger partial charge in [0.2, 0.25) is 0 Å². The van der Waals surface area contributed by atoms with Crippen molar-refractivity contribution in [1.29, 1.82) is 0 Å². The van der Waals surface area contributed by atoms with Crippen LogP contribution in [0.5, 0.6) is 5.75 Å². The van der Waals surface area contributed by atoms with Gasteiger partial charge in [0.25, 0.3) is 0 Å². The van der Waals surface area contributed by atoms with Gasteiger partial charge in [0.1, 0.15) is 17.7 Å². The molecular weight excluding hydrogens is 402 g/mol. The molecule has 3 N–H and O–H groups in total. The Hall–Kier alpha value is -4.04. The Kier molecular flexibility index (Phi) is 4.43. The van der Waals surface area contributed by atoms with E-state index in [2.05, 4.69) is 20.4 Å². The van der Waals surface area contributed by atoms with Gasteiger partial charge < -0.3 is 15.8 Å². The summed E-state index contributed by atoms with van der Waals surface area (Å²) in [4.78, 5) is 13.7. The molecule has 0 bridgehead atoms. The number of nitrogen functional groups attached to an aromatic ring is 1. The Morgan fingerprint density at radius 2 is 1.97 bits per heavy atom. The number of nitrogens with two attached hydrogens (primary N) is 1. The van der Waals surface area contributed by atoms with Crippen LogP contribution < -0.4 is 15.8 Å². The van der Waals surface area contributed by atoms with Crippen molar-refractivity contribution >= 4 is 22.4 Å². The Balaban J connectivity index is 1.33. The van der Waals surface area contributed by atoms with E-state index in [1.807, 2.05) is 61.1 Å². The number of hydrogen-bond acceptors (Lipinski definition) is 7. The highest BCUT2D eigenvalue weighted by Crippen LogP contribution is 2.31. The van der Waals surface area contributed by atoms with Crippen LogP contribution in [0.4, 0.5) is 5.82 Å². The van der Waals surface area contributed by atoms with Gasteiger partial charge in [-0.3, -0.25) is 4.98 Å². The number of rotatable bonds is 4. The van der Waals surface area contributed by atoms with Gasteiger partial charge in [-0.2, -0.15) is 5.10 Å². The van der Waals surface area contributed by atoms with Gasteiger partial charge in [0.05, 0.1) is 23.6 Å². The van der Waals surface area contributed by atoms with E-state index < -0.39 is 0 Å². The molecule has 1 aliphatic rings. The zero-order chi connectivity index (χ0) is 21.5. The standard InChI is InChI=1S/C24H21N7O/c25-23-7-5-19-18(2-1-3-22(19)30-23)20-13-29-31-14-15(10-28-24(20)31)21-6-4-16(12-27-21)32-17-8-9-26-11-17/h1-7,10,12-14,17,26H,8-9,11H2,(H2,25,30). The van der Waals surface area contributed by atoms with Crippen molar-refractivity contribution in [2.75, 3.05) is 18.8 Å². The molecule has 5 aromatic rings. The number of hydrogen-bond donors (Lipinski definition) is 2. The van der Waals surface area contributed by atoms with E-state index in [4.69, 9.17) is 15.5 Å². The molecule has 1 unspecified atom stereocenters. The minimum Gasteiger partial charge on any atom is -0.487 e. The zero-order valence-corrected chi connectivity index (χ0v) is 17.3. The predicted molar refractivity (Wildman–Crippen MR) is 123 cm³/mol. The molecule has 32 heavy (non-hydrogen) atoms. The number of nitrogens with zero attached hydrogens (tertiary/aromatic N) is 5. The summed E-state index contributed by atoms with van der Waals surface area (Å²) in [5.41, 5.74) is 11.1. The highest BCUT2D eigenvalue weighted by atomic mass is 16.5. The van der Waals surface area contributed by atoms with E-state index in [1.165, 1.54) is 0 Å². The third kappa shape index (κ3) is 3.30. The van der Waals surface area contributed by atoms with E-state index in [0.717, 1.165) is 64.2 Å². The van der Waals surface area contributed by atoms with Crippen molar-refractivity contribution in [2.45, 2.75) is 12.5 Å². The van der Waals surface area contributed by atoms with Gasteiger partial charge in [-0.1, -0.05) is 12.1 Å². The molecule has 0 spiro atoms. The van der Waals surface area contributed by atoms with Crippen LogP contribution in [0.2, 0.25) is 0 Å². The van der Waals surface area contributed by atoms with Gasteiger partial charge >= 0.3 is 0 Å². The van der Waals surface area contributed by atoms with E-state index in [1.54, 1.807) is 10.7 Å². The molecule has 5 heterocycles. The van der Waals surface area contributed by atoms with Crippen LogP contribution in [-0.2, 0) is 0 Å². The largest absolute Gasteiger partial charge is 0.487 e. The van der Waals surface area contributed by atoms with Crippen LogP contribution in [0.15, 0.2) is 67.3 Å². The van der Waals surface area contributed by atoms with E-state index in [9.17, 15) is 0 Å². The lowest BCUT2D eigenvalue weighted by Crippen LogP contribution is -2.19. The molecule has 0 saturated carbocycles. The molecule has 0 amide bonds.